The Morgan fingerprint density at radius 1 is 0.306 bits per heavy atom. The van der Waals surface area contributed by atoms with E-state index in [1.165, 1.54) is 42.4 Å². The standard InChI is InChI=1S/C45H29N3S/c1-3-11-30(12-4-1)32-21-25-34(26-22-32)43-46-44(48-45(47-43)40-19-10-18-39-38-17-7-8-20-41(38)49-42(39)40)35-27-23-33(24-28-35)37-16-9-15-36(29-37)31-13-5-2-6-14-31/h1-29H. The molecule has 0 atom stereocenters. The highest BCUT2D eigenvalue weighted by molar-refractivity contribution is 7.26. The van der Waals surface area contributed by atoms with Crippen LogP contribution in [0.15, 0.2) is 176 Å². The van der Waals surface area contributed by atoms with Gasteiger partial charge in [-0.15, -0.1) is 11.3 Å². The van der Waals surface area contributed by atoms with E-state index in [0.717, 1.165) is 27.8 Å². The lowest BCUT2D eigenvalue weighted by Crippen LogP contribution is -2.00. The van der Waals surface area contributed by atoms with Crippen molar-refractivity contribution in [1.82, 2.24) is 15.0 Å². The maximum absolute atomic E-state index is 5.13. The minimum Gasteiger partial charge on any atom is -0.208 e. The van der Waals surface area contributed by atoms with E-state index < -0.39 is 0 Å². The highest BCUT2D eigenvalue weighted by atomic mass is 32.1. The Morgan fingerprint density at radius 2 is 0.735 bits per heavy atom. The van der Waals surface area contributed by atoms with Crippen molar-refractivity contribution in [3.63, 3.8) is 0 Å². The fourth-order valence-corrected chi connectivity index (χ4v) is 7.65. The second kappa shape index (κ2) is 12.4. The number of hydrogen-bond donors (Lipinski definition) is 0. The van der Waals surface area contributed by atoms with Crippen LogP contribution in [0.25, 0.3) is 87.7 Å². The molecule has 0 bridgehead atoms. The third-order valence-electron chi connectivity index (χ3n) is 8.98. The Bertz CT molecular complexity index is 2570. The van der Waals surface area contributed by atoms with Crippen LogP contribution in [0.3, 0.4) is 0 Å². The average molecular weight is 644 g/mol. The summed E-state index contributed by atoms with van der Waals surface area (Å²) in [6.07, 6.45) is 0. The average Bonchev–Trinajstić information content (AvgIpc) is 3.58. The highest BCUT2D eigenvalue weighted by Crippen LogP contribution is 2.39. The van der Waals surface area contributed by atoms with Crippen LogP contribution < -0.4 is 0 Å². The lowest BCUT2D eigenvalue weighted by Gasteiger charge is -2.11. The van der Waals surface area contributed by atoms with Crippen molar-refractivity contribution in [1.29, 1.82) is 0 Å². The Labute approximate surface area is 288 Å². The molecule has 0 aliphatic heterocycles. The largest absolute Gasteiger partial charge is 0.208 e. The minimum atomic E-state index is 0.648. The van der Waals surface area contributed by atoms with Crippen molar-refractivity contribution in [3.8, 4) is 67.5 Å². The molecule has 0 aliphatic carbocycles. The summed E-state index contributed by atoms with van der Waals surface area (Å²) >= 11 is 1.78. The molecule has 0 radical (unpaired) electrons. The molecule has 0 fully saturated rings. The summed E-state index contributed by atoms with van der Waals surface area (Å²) in [5.74, 6) is 1.97. The molecule has 0 amide bonds. The van der Waals surface area contributed by atoms with E-state index in [1.54, 1.807) is 11.3 Å². The Kier molecular flexibility index (Phi) is 7.34. The van der Waals surface area contributed by atoms with Crippen molar-refractivity contribution in [2.24, 2.45) is 0 Å². The molecule has 2 aromatic heterocycles. The predicted molar refractivity (Wildman–Crippen MR) is 205 cm³/mol. The van der Waals surface area contributed by atoms with Gasteiger partial charge >= 0.3 is 0 Å². The quantitative estimate of drug-likeness (QED) is 0.181. The monoisotopic (exact) mass is 643 g/mol. The van der Waals surface area contributed by atoms with Gasteiger partial charge in [-0.1, -0.05) is 158 Å². The number of nitrogens with zero attached hydrogens (tertiary/aromatic N) is 3. The summed E-state index contributed by atoms with van der Waals surface area (Å²) in [5, 5.41) is 2.47. The summed E-state index contributed by atoms with van der Waals surface area (Å²) in [6.45, 7) is 0. The van der Waals surface area contributed by atoms with Crippen LogP contribution in [0.1, 0.15) is 0 Å². The van der Waals surface area contributed by atoms with E-state index in [1.807, 2.05) is 12.1 Å². The van der Waals surface area contributed by atoms with Gasteiger partial charge in [0.05, 0.1) is 0 Å². The smallest absolute Gasteiger partial charge is 0.165 e. The van der Waals surface area contributed by atoms with E-state index in [0.29, 0.717) is 17.5 Å². The van der Waals surface area contributed by atoms with Crippen LogP contribution in [0.4, 0.5) is 0 Å². The second-order valence-electron chi connectivity index (χ2n) is 12.1. The number of benzene rings is 7. The van der Waals surface area contributed by atoms with Gasteiger partial charge in [-0.25, -0.2) is 15.0 Å². The van der Waals surface area contributed by atoms with Crippen molar-refractivity contribution in [3.05, 3.63) is 176 Å². The van der Waals surface area contributed by atoms with Crippen LogP contribution in [-0.4, -0.2) is 15.0 Å². The fraction of sp³-hybridized carbons (Fsp3) is 0. The zero-order valence-electron chi connectivity index (χ0n) is 26.5. The van der Waals surface area contributed by atoms with Crippen molar-refractivity contribution in [2.75, 3.05) is 0 Å². The number of hydrogen-bond acceptors (Lipinski definition) is 4. The Balaban J connectivity index is 1.15. The van der Waals surface area contributed by atoms with Gasteiger partial charge in [-0.2, -0.15) is 0 Å². The maximum Gasteiger partial charge on any atom is 0.165 e. The fourth-order valence-electron chi connectivity index (χ4n) is 6.44. The first-order valence-corrected chi connectivity index (χ1v) is 17.2. The van der Waals surface area contributed by atoms with Gasteiger partial charge in [0.1, 0.15) is 0 Å². The summed E-state index contributed by atoms with van der Waals surface area (Å²) in [5.41, 5.74) is 9.94. The number of rotatable bonds is 6. The molecule has 9 rings (SSSR count). The molecular formula is C45H29N3S. The van der Waals surface area contributed by atoms with Crippen LogP contribution in [0.2, 0.25) is 0 Å². The van der Waals surface area contributed by atoms with Gasteiger partial charge in [0.15, 0.2) is 17.5 Å². The molecule has 7 aromatic carbocycles. The van der Waals surface area contributed by atoms with Gasteiger partial charge in [-0.05, 0) is 51.6 Å². The van der Waals surface area contributed by atoms with E-state index in [9.17, 15) is 0 Å². The molecule has 0 N–H and O–H groups in total. The summed E-state index contributed by atoms with van der Waals surface area (Å²) in [6, 6.07) is 61.6. The SMILES string of the molecule is c1ccc(-c2ccc(-c3nc(-c4ccc(-c5cccc(-c6ccccc6)c5)cc4)nc(-c4cccc5c4sc4ccccc45)n3)cc2)cc1. The van der Waals surface area contributed by atoms with E-state index in [-0.39, 0.29) is 0 Å². The molecule has 3 nitrogen and oxygen atoms in total. The second-order valence-corrected chi connectivity index (χ2v) is 13.1. The summed E-state index contributed by atoms with van der Waals surface area (Å²) in [4.78, 5) is 15.3. The lowest BCUT2D eigenvalue weighted by molar-refractivity contribution is 1.08. The Morgan fingerprint density at radius 3 is 1.37 bits per heavy atom. The van der Waals surface area contributed by atoms with E-state index in [2.05, 4.69) is 164 Å². The maximum atomic E-state index is 5.13. The molecule has 9 aromatic rings. The van der Waals surface area contributed by atoms with Gasteiger partial charge in [0.25, 0.3) is 0 Å². The molecule has 0 unspecified atom stereocenters. The topological polar surface area (TPSA) is 38.7 Å². The van der Waals surface area contributed by atoms with Gasteiger partial charge in [-0.3, -0.25) is 0 Å². The number of fused-ring (bicyclic) bond motifs is 3. The third-order valence-corrected chi connectivity index (χ3v) is 10.2. The molecule has 4 heteroatoms. The minimum absolute atomic E-state index is 0.648. The van der Waals surface area contributed by atoms with Gasteiger partial charge in [0, 0.05) is 36.9 Å². The lowest BCUT2D eigenvalue weighted by atomic mass is 9.98. The summed E-state index contributed by atoms with van der Waals surface area (Å²) in [7, 11) is 0. The molecule has 49 heavy (non-hydrogen) atoms. The van der Waals surface area contributed by atoms with Gasteiger partial charge < -0.3 is 0 Å². The van der Waals surface area contributed by atoms with Crippen molar-refractivity contribution < 1.29 is 0 Å². The predicted octanol–water partition coefficient (Wildman–Crippen LogP) is 12.2. The molecule has 2 heterocycles. The van der Waals surface area contributed by atoms with E-state index >= 15 is 0 Å². The first-order valence-electron chi connectivity index (χ1n) is 16.4. The molecular weight excluding hydrogens is 615 g/mol. The normalized spacial score (nSPS) is 11.3. The van der Waals surface area contributed by atoms with Gasteiger partial charge in [0.2, 0.25) is 0 Å². The molecule has 0 saturated carbocycles. The van der Waals surface area contributed by atoms with Crippen LogP contribution in [-0.2, 0) is 0 Å². The first-order chi connectivity index (χ1) is 24.3. The van der Waals surface area contributed by atoms with Crippen LogP contribution >= 0.6 is 11.3 Å². The molecule has 0 saturated heterocycles. The molecule has 0 spiro atoms. The number of thiophene rings is 1. The van der Waals surface area contributed by atoms with E-state index in [4.69, 9.17) is 15.0 Å². The first kappa shape index (κ1) is 29.0. The van der Waals surface area contributed by atoms with Crippen LogP contribution in [0.5, 0.6) is 0 Å². The van der Waals surface area contributed by atoms with Crippen molar-refractivity contribution >= 4 is 31.5 Å². The number of aromatic nitrogens is 3. The van der Waals surface area contributed by atoms with Crippen molar-refractivity contribution in [2.45, 2.75) is 0 Å². The zero-order valence-corrected chi connectivity index (χ0v) is 27.3. The third kappa shape index (κ3) is 5.58. The highest BCUT2D eigenvalue weighted by Gasteiger charge is 2.17. The molecule has 0 aliphatic rings. The molecule has 230 valence electrons. The zero-order chi connectivity index (χ0) is 32.6. The summed E-state index contributed by atoms with van der Waals surface area (Å²) < 4.78 is 2.43. The Hall–Kier alpha value is -6.23. The van der Waals surface area contributed by atoms with Crippen LogP contribution in [0, 0.1) is 0 Å².